The maximum Gasteiger partial charge on any atom is 0.234 e. The lowest BCUT2D eigenvalue weighted by Gasteiger charge is -2.39. The topological polar surface area (TPSA) is 41.1 Å². The number of fused-ring (bicyclic) bond motifs is 3. The fourth-order valence-corrected chi connectivity index (χ4v) is 3.95. The van der Waals surface area contributed by atoms with Gasteiger partial charge < -0.3 is 0 Å². The van der Waals surface area contributed by atoms with Crippen LogP contribution in [-0.4, -0.2) is 11.9 Å². The second-order valence-corrected chi connectivity index (χ2v) is 5.45. The van der Waals surface area contributed by atoms with E-state index in [0.29, 0.717) is 12.5 Å². The average molecular weight is 208 g/mol. The van der Waals surface area contributed by atoms with Crippen molar-refractivity contribution >= 4 is 5.91 Å². The molecule has 0 spiro atoms. The molecule has 3 heteroatoms. The molecule has 15 heavy (non-hydrogen) atoms. The molecule has 1 heterocycles. The van der Waals surface area contributed by atoms with E-state index in [4.69, 9.17) is 0 Å². The Morgan fingerprint density at radius 2 is 1.87 bits per heavy atom. The average Bonchev–Trinajstić information content (AvgIpc) is 2.64. The standard InChI is InChI=1S/C12H20N2O/c15-11-7-6-9-5-4-8-2-1-3-10(8)12(9)14-13-11/h8-10,12,14H,1-7H2,(H,13,15). The van der Waals surface area contributed by atoms with Gasteiger partial charge >= 0.3 is 0 Å². The first-order chi connectivity index (χ1) is 7.34. The van der Waals surface area contributed by atoms with Crippen LogP contribution < -0.4 is 10.9 Å². The molecular formula is C12H20N2O. The Morgan fingerprint density at radius 3 is 2.80 bits per heavy atom. The Balaban J connectivity index is 1.77. The third-order valence-corrected chi connectivity index (χ3v) is 4.72. The molecule has 3 nitrogen and oxygen atoms in total. The number of hydrogen-bond donors (Lipinski definition) is 2. The molecule has 3 aliphatic rings. The highest BCUT2D eigenvalue weighted by Crippen LogP contribution is 2.45. The first-order valence-corrected chi connectivity index (χ1v) is 6.39. The predicted octanol–water partition coefficient (Wildman–Crippen LogP) is 1.60. The molecular weight excluding hydrogens is 188 g/mol. The summed E-state index contributed by atoms with van der Waals surface area (Å²) >= 11 is 0. The van der Waals surface area contributed by atoms with E-state index in [1.165, 1.54) is 32.1 Å². The van der Waals surface area contributed by atoms with E-state index < -0.39 is 0 Å². The lowest BCUT2D eigenvalue weighted by atomic mass is 9.71. The molecule has 1 amide bonds. The van der Waals surface area contributed by atoms with Gasteiger partial charge in [0, 0.05) is 12.5 Å². The zero-order valence-corrected chi connectivity index (χ0v) is 9.17. The molecule has 2 saturated carbocycles. The maximum atomic E-state index is 11.3. The van der Waals surface area contributed by atoms with Gasteiger partial charge in [-0.2, -0.15) is 0 Å². The second-order valence-electron chi connectivity index (χ2n) is 5.45. The van der Waals surface area contributed by atoms with Crippen LogP contribution in [0.3, 0.4) is 0 Å². The third-order valence-electron chi connectivity index (χ3n) is 4.72. The largest absolute Gasteiger partial charge is 0.291 e. The number of carbonyl (C=O) groups excluding carboxylic acids is 1. The molecule has 3 fully saturated rings. The summed E-state index contributed by atoms with van der Waals surface area (Å²) in [6, 6.07) is 0.567. The number of amides is 1. The zero-order chi connectivity index (χ0) is 10.3. The molecule has 4 atom stereocenters. The van der Waals surface area contributed by atoms with Crippen LogP contribution in [0.25, 0.3) is 0 Å². The third kappa shape index (κ3) is 1.67. The van der Waals surface area contributed by atoms with Gasteiger partial charge in [-0.15, -0.1) is 0 Å². The summed E-state index contributed by atoms with van der Waals surface area (Å²) in [5, 5.41) is 0. The SMILES string of the molecule is O=C1CCC2CCC3CCCC3C2NN1. The van der Waals surface area contributed by atoms with Crippen molar-refractivity contribution in [2.75, 3.05) is 0 Å². The molecule has 0 bridgehead atoms. The Morgan fingerprint density at radius 1 is 1.00 bits per heavy atom. The van der Waals surface area contributed by atoms with Crippen molar-refractivity contribution in [3.8, 4) is 0 Å². The monoisotopic (exact) mass is 208 g/mol. The van der Waals surface area contributed by atoms with Gasteiger partial charge in [-0.1, -0.05) is 12.8 Å². The molecule has 1 aliphatic heterocycles. The summed E-state index contributed by atoms with van der Waals surface area (Å²) in [5.74, 6) is 2.69. The fraction of sp³-hybridized carbons (Fsp3) is 0.917. The summed E-state index contributed by atoms with van der Waals surface area (Å²) in [5.41, 5.74) is 6.17. The maximum absolute atomic E-state index is 11.3. The summed E-state index contributed by atoms with van der Waals surface area (Å²) < 4.78 is 0. The minimum absolute atomic E-state index is 0.180. The van der Waals surface area contributed by atoms with Crippen LogP contribution in [0.2, 0.25) is 0 Å². The lowest BCUT2D eigenvalue weighted by Crippen LogP contribution is -2.51. The molecule has 84 valence electrons. The van der Waals surface area contributed by atoms with Crippen LogP contribution in [0.1, 0.15) is 44.9 Å². The summed E-state index contributed by atoms with van der Waals surface area (Å²) in [4.78, 5) is 11.3. The molecule has 2 N–H and O–H groups in total. The zero-order valence-electron chi connectivity index (χ0n) is 9.17. The van der Waals surface area contributed by atoms with E-state index >= 15 is 0 Å². The summed E-state index contributed by atoms with van der Waals surface area (Å²) in [6.45, 7) is 0. The molecule has 0 radical (unpaired) electrons. The van der Waals surface area contributed by atoms with Gasteiger partial charge in [0.15, 0.2) is 0 Å². The van der Waals surface area contributed by atoms with E-state index in [1.54, 1.807) is 0 Å². The highest BCUT2D eigenvalue weighted by atomic mass is 16.2. The highest BCUT2D eigenvalue weighted by Gasteiger charge is 2.42. The van der Waals surface area contributed by atoms with Crippen molar-refractivity contribution in [2.24, 2.45) is 17.8 Å². The Hall–Kier alpha value is -0.570. The van der Waals surface area contributed by atoms with Gasteiger partial charge in [-0.3, -0.25) is 10.2 Å². The van der Waals surface area contributed by atoms with Gasteiger partial charge in [0.05, 0.1) is 0 Å². The van der Waals surface area contributed by atoms with Crippen molar-refractivity contribution in [1.29, 1.82) is 0 Å². The van der Waals surface area contributed by atoms with Gasteiger partial charge in [-0.05, 0) is 43.4 Å². The Bertz CT molecular complexity index is 266. The molecule has 1 saturated heterocycles. The van der Waals surface area contributed by atoms with E-state index in [2.05, 4.69) is 10.9 Å². The van der Waals surface area contributed by atoms with E-state index in [-0.39, 0.29) is 5.91 Å². The van der Waals surface area contributed by atoms with Gasteiger partial charge in [0.1, 0.15) is 0 Å². The summed E-state index contributed by atoms with van der Waals surface area (Å²) in [7, 11) is 0. The van der Waals surface area contributed by atoms with Crippen molar-refractivity contribution in [3.05, 3.63) is 0 Å². The quantitative estimate of drug-likeness (QED) is 0.635. The second kappa shape index (κ2) is 3.78. The Kier molecular flexibility index (Phi) is 2.43. The molecule has 0 aromatic rings. The van der Waals surface area contributed by atoms with Crippen LogP contribution in [0.5, 0.6) is 0 Å². The smallest absolute Gasteiger partial charge is 0.234 e. The minimum atomic E-state index is 0.180. The lowest BCUT2D eigenvalue weighted by molar-refractivity contribution is -0.121. The van der Waals surface area contributed by atoms with Gasteiger partial charge in [-0.25, -0.2) is 5.43 Å². The molecule has 0 aromatic heterocycles. The van der Waals surface area contributed by atoms with E-state index in [9.17, 15) is 4.79 Å². The minimum Gasteiger partial charge on any atom is -0.291 e. The van der Waals surface area contributed by atoms with E-state index in [0.717, 1.165) is 24.2 Å². The molecule has 3 rings (SSSR count). The number of carbonyl (C=O) groups is 1. The Labute approximate surface area is 91.0 Å². The van der Waals surface area contributed by atoms with E-state index in [1.807, 2.05) is 0 Å². The van der Waals surface area contributed by atoms with Gasteiger partial charge in [0.2, 0.25) is 5.91 Å². The first-order valence-electron chi connectivity index (χ1n) is 6.39. The van der Waals surface area contributed by atoms with Crippen molar-refractivity contribution in [1.82, 2.24) is 10.9 Å². The summed E-state index contributed by atoms with van der Waals surface area (Å²) in [6.07, 6.45) is 8.72. The van der Waals surface area contributed by atoms with Crippen LogP contribution >= 0.6 is 0 Å². The van der Waals surface area contributed by atoms with Crippen LogP contribution in [0.15, 0.2) is 0 Å². The predicted molar refractivity (Wildman–Crippen MR) is 57.9 cm³/mol. The molecule has 2 aliphatic carbocycles. The fourth-order valence-electron chi connectivity index (χ4n) is 3.95. The van der Waals surface area contributed by atoms with Crippen LogP contribution in [0.4, 0.5) is 0 Å². The van der Waals surface area contributed by atoms with Crippen LogP contribution in [0, 0.1) is 17.8 Å². The first kappa shape index (κ1) is 9.64. The van der Waals surface area contributed by atoms with Crippen LogP contribution in [-0.2, 0) is 4.79 Å². The van der Waals surface area contributed by atoms with Gasteiger partial charge in [0.25, 0.3) is 0 Å². The number of hydrogen-bond acceptors (Lipinski definition) is 2. The van der Waals surface area contributed by atoms with Crippen molar-refractivity contribution < 1.29 is 4.79 Å². The number of rotatable bonds is 0. The van der Waals surface area contributed by atoms with Crippen molar-refractivity contribution in [2.45, 2.75) is 51.0 Å². The number of hydrazine groups is 1. The molecule has 4 unspecified atom stereocenters. The van der Waals surface area contributed by atoms with Crippen molar-refractivity contribution in [3.63, 3.8) is 0 Å². The molecule has 0 aromatic carbocycles. The highest BCUT2D eigenvalue weighted by molar-refractivity contribution is 5.75. The number of nitrogens with one attached hydrogen (secondary N) is 2. The normalized spacial score (nSPS) is 45.2.